The number of carbonyl (C=O) groups is 1. The zero-order valence-corrected chi connectivity index (χ0v) is 12.0. The van der Waals surface area contributed by atoms with Crippen LogP contribution in [0.4, 0.5) is 5.82 Å². The number of aryl methyl sites for hydroxylation is 1. The van der Waals surface area contributed by atoms with Gasteiger partial charge >= 0.3 is 0 Å². The number of anilines is 1. The molecule has 5 nitrogen and oxygen atoms in total. The van der Waals surface area contributed by atoms with Gasteiger partial charge in [0.05, 0.1) is 0 Å². The lowest BCUT2D eigenvalue weighted by Crippen LogP contribution is -2.40. The van der Waals surface area contributed by atoms with E-state index in [0.717, 1.165) is 31.5 Å². The summed E-state index contributed by atoms with van der Waals surface area (Å²) in [7, 11) is 0. The first-order chi connectivity index (χ1) is 9.02. The minimum atomic E-state index is -0.000760. The summed E-state index contributed by atoms with van der Waals surface area (Å²) in [5, 5.41) is 6.51. The number of rotatable bonds is 4. The third kappa shape index (κ3) is 4.35. The van der Waals surface area contributed by atoms with Crippen LogP contribution in [-0.4, -0.2) is 35.6 Å². The molecule has 2 atom stereocenters. The highest BCUT2D eigenvalue weighted by Crippen LogP contribution is 2.20. The fourth-order valence-corrected chi connectivity index (χ4v) is 2.86. The maximum absolute atomic E-state index is 11.8. The summed E-state index contributed by atoms with van der Waals surface area (Å²) < 4.78 is 4.91. The van der Waals surface area contributed by atoms with E-state index >= 15 is 0 Å². The van der Waals surface area contributed by atoms with Crippen LogP contribution in [0.15, 0.2) is 10.6 Å². The summed E-state index contributed by atoms with van der Waals surface area (Å²) in [5.41, 5.74) is 0. The Balaban J connectivity index is 1.74. The van der Waals surface area contributed by atoms with Crippen LogP contribution >= 0.6 is 0 Å². The topological polar surface area (TPSA) is 58.4 Å². The number of nitrogens with one attached hydrogen (secondary N) is 1. The van der Waals surface area contributed by atoms with Crippen molar-refractivity contribution in [2.75, 3.05) is 25.0 Å². The molecule has 1 aromatic heterocycles. The van der Waals surface area contributed by atoms with Gasteiger partial charge in [0.1, 0.15) is 5.76 Å². The van der Waals surface area contributed by atoms with Gasteiger partial charge in [0.25, 0.3) is 0 Å². The number of amides is 1. The van der Waals surface area contributed by atoms with Crippen molar-refractivity contribution in [3.8, 4) is 0 Å². The smallest absolute Gasteiger partial charge is 0.226 e. The molecule has 1 aromatic rings. The molecule has 0 spiro atoms. The molecule has 2 heterocycles. The zero-order valence-electron chi connectivity index (χ0n) is 12.0. The van der Waals surface area contributed by atoms with Gasteiger partial charge < -0.3 is 14.7 Å². The molecule has 1 N–H and O–H groups in total. The first-order valence-electron chi connectivity index (χ1n) is 6.98. The maximum Gasteiger partial charge on any atom is 0.226 e. The van der Waals surface area contributed by atoms with E-state index in [0.29, 0.717) is 18.0 Å². The first kappa shape index (κ1) is 14.1. The van der Waals surface area contributed by atoms with Gasteiger partial charge in [0.2, 0.25) is 5.91 Å². The van der Waals surface area contributed by atoms with Crippen molar-refractivity contribution >= 4 is 11.7 Å². The molecular formula is C14H23N3O2. The lowest BCUT2D eigenvalue weighted by molar-refractivity contribution is -0.116. The molecule has 0 saturated carbocycles. The molecule has 19 heavy (non-hydrogen) atoms. The first-order valence-corrected chi connectivity index (χ1v) is 6.98. The van der Waals surface area contributed by atoms with Crippen LogP contribution in [0.5, 0.6) is 0 Å². The van der Waals surface area contributed by atoms with E-state index in [-0.39, 0.29) is 5.91 Å². The number of nitrogens with zero attached hydrogens (tertiary/aromatic N) is 2. The summed E-state index contributed by atoms with van der Waals surface area (Å²) in [5.74, 6) is 2.66. The van der Waals surface area contributed by atoms with Crippen LogP contribution in [0.1, 0.15) is 32.4 Å². The van der Waals surface area contributed by atoms with Crippen molar-refractivity contribution in [3.63, 3.8) is 0 Å². The van der Waals surface area contributed by atoms with Crippen LogP contribution in [0, 0.1) is 18.8 Å². The van der Waals surface area contributed by atoms with Gasteiger partial charge in [0.15, 0.2) is 5.82 Å². The fourth-order valence-electron chi connectivity index (χ4n) is 2.86. The maximum atomic E-state index is 11.8. The standard InChI is InChI=1S/C14H23N3O2/c1-10-6-11(2)9-17(8-10)5-4-14(18)15-13-7-12(3)19-16-13/h7,10-11H,4-6,8-9H2,1-3H3,(H,15,16,18)/t10-,11+. The van der Waals surface area contributed by atoms with E-state index in [9.17, 15) is 4.79 Å². The number of aromatic nitrogens is 1. The van der Waals surface area contributed by atoms with Crippen molar-refractivity contribution in [1.29, 1.82) is 0 Å². The Morgan fingerprint density at radius 2 is 2.16 bits per heavy atom. The van der Waals surface area contributed by atoms with Crippen molar-refractivity contribution in [1.82, 2.24) is 10.1 Å². The molecule has 106 valence electrons. The number of likely N-dealkylation sites (tertiary alicyclic amines) is 1. The predicted octanol–water partition coefficient (Wildman–Crippen LogP) is 2.29. The number of carbonyl (C=O) groups excluding carboxylic acids is 1. The largest absolute Gasteiger partial charge is 0.360 e. The highest BCUT2D eigenvalue weighted by Gasteiger charge is 2.21. The third-order valence-corrected chi connectivity index (χ3v) is 3.50. The Morgan fingerprint density at radius 1 is 1.47 bits per heavy atom. The SMILES string of the molecule is Cc1cc(NC(=O)CCN2C[C@H](C)C[C@H](C)C2)no1. The normalized spacial score (nSPS) is 24.4. The second-order valence-corrected chi connectivity index (χ2v) is 5.83. The molecule has 5 heteroatoms. The van der Waals surface area contributed by atoms with Crippen LogP contribution < -0.4 is 5.32 Å². The lowest BCUT2D eigenvalue weighted by Gasteiger charge is -2.34. The molecule has 1 fully saturated rings. The van der Waals surface area contributed by atoms with E-state index in [1.165, 1.54) is 6.42 Å². The van der Waals surface area contributed by atoms with E-state index in [1.54, 1.807) is 13.0 Å². The Kier molecular flexibility index (Phi) is 4.58. The Morgan fingerprint density at radius 3 is 2.74 bits per heavy atom. The van der Waals surface area contributed by atoms with Gasteiger partial charge in [0, 0.05) is 32.1 Å². The second-order valence-electron chi connectivity index (χ2n) is 5.83. The average molecular weight is 265 g/mol. The summed E-state index contributed by atoms with van der Waals surface area (Å²) in [6.07, 6.45) is 1.80. The van der Waals surface area contributed by atoms with Crippen LogP contribution in [0.3, 0.4) is 0 Å². The highest BCUT2D eigenvalue weighted by atomic mass is 16.5. The van der Waals surface area contributed by atoms with E-state index < -0.39 is 0 Å². The van der Waals surface area contributed by atoms with Gasteiger partial charge in [-0.25, -0.2) is 0 Å². The second kappa shape index (κ2) is 6.19. The monoisotopic (exact) mass is 265 g/mol. The molecule has 0 radical (unpaired) electrons. The van der Waals surface area contributed by atoms with Gasteiger partial charge in [-0.15, -0.1) is 0 Å². The van der Waals surface area contributed by atoms with Crippen molar-refractivity contribution in [3.05, 3.63) is 11.8 Å². The lowest BCUT2D eigenvalue weighted by atomic mass is 9.92. The van der Waals surface area contributed by atoms with E-state index in [4.69, 9.17) is 4.52 Å². The minimum Gasteiger partial charge on any atom is -0.360 e. The van der Waals surface area contributed by atoms with Crippen LogP contribution in [0.2, 0.25) is 0 Å². The molecule has 0 bridgehead atoms. The molecule has 0 aliphatic carbocycles. The number of piperidine rings is 1. The Bertz CT molecular complexity index is 420. The Hall–Kier alpha value is -1.36. The Labute approximate surface area is 114 Å². The third-order valence-electron chi connectivity index (χ3n) is 3.50. The van der Waals surface area contributed by atoms with Gasteiger partial charge in [-0.3, -0.25) is 4.79 Å². The highest BCUT2D eigenvalue weighted by molar-refractivity contribution is 5.89. The summed E-state index contributed by atoms with van der Waals surface area (Å²) >= 11 is 0. The molecule has 1 aliphatic rings. The van der Waals surface area contributed by atoms with Crippen molar-refractivity contribution in [2.24, 2.45) is 11.8 Å². The molecule has 1 saturated heterocycles. The quantitative estimate of drug-likeness (QED) is 0.907. The molecule has 0 aromatic carbocycles. The van der Waals surface area contributed by atoms with Crippen molar-refractivity contribution in [2.45, 2.75) is 33.6 Å². The van der Waals surface area contributed by atoms with Gasteiger partial charge in [-0.05, 0) is 25.2 Å². The van der Waals surface area contributed by atoms with Crippen molar-refractivity contribution < 1.29 is 9.32 Å². The zero-order chi connectivity index (χ0) is 13.8. The summed E-state index contributed by atoms with van der Waals surface area (Å²) in [6, 6.07) is 1.73. The molecule has 0 unspecified atom stereocenters. The van der Waals surface area contributed by atoms with E-state index in [2.05, 4.69) is 29.2 Å². The van der Waals surface area contributed by atoms with Crippen LogP contribution in [0.25, 0.3) is 0 Å². The average Bonchev–Trinajstić information content (AvgIpc) is 2.71. The van der Waals surface area contributed by atoms with Gasteiger partial charge in [-0.1, -0.05) is 19.0 Å². The molecular weight excluding hydrogens is 242 g/mol. The fraction of sp³-hybridized carbons (Fsp3) is 0.714. The number of hydrogen-bond donors (Lipinski definition) is 1. The van der Waals surface area contributed by atoms with E-state index in [1.807, 2.05) is 0 Å². The minimum absolute atomic E-state index is 0.000760. The summed E-state index contributed by atoms with van der Waals surface area (Å²) in [4.78, 5) is 14.2. The van der Waals surface area contributed by atoms with Crippen LogP contribution in [-0.2, 0) is 4.79 Å². The predicted molar refractivity (Wildman–Crippen MR) is 73.9 cm³/mol. The molecule has 1 aliphatic heterocycles. The number of hydrogen-bond acceptors (Lipinski definition) is 4. The van der Waals surface area contributed by atoms with Gasteiger partial charge in [-0.2, -0.15) is 0 Å². The summed E-state index contributed by atoms with van der Waals surface area (Å²) in [6.45, 7) is 9.37. The molecule has 1 amide bonds. The molecule has 2 rings (SSSR count).